The van der Waals surface area contributed by atoms with Gasteiger partial charge in [-0.05, 0) is 37.3 Å². The summed E-state index contributed by atoms with van der Waals surface area (Å²) in [5.41, 5.74) is 15.5. The van der Waals surface area contributed by atoms with Crippen LogP contribution in [0.3, 0.4) is 0 Å². The van der Waals surface area contributed by atoms with Gasteiger partial charge in [0.1, 0.15) is 0 Å². The average Bonchev–Trinajstić information content (AvgIpc) is 2.70. The molecule has 0 aliphatic rings. The Bertz CT molecular complexity index is 713. The molecule has 3 rings (SSSR count). The number of pyridine rings is 1. The molecule has 5 heteroatoms. The van der Waals surface area contributed by atoms with Gasteiger partial charge in [0.05, 0.1) is 0 Å². The quantitative estimate of drug-likeness (QED) is 0.637. The Morgan fingerprint density at radius 1 is 1.00 bits per heavy atom. The predicted molar refractivity (Wildman–Crippen MR) is 70.8 cm³/mol. The molecule has 0 aliphatic heterocycles. The number of fused-ring (bicyclic) bond motifs is 1. The number of aryl methyl sites for hydroxylation is 1. The van der Waals surface area contributed by atoms with Gasteiger partial charge in [0.2, 0.25) is 5.89 Å². The topological polar surface area (TPSA) is 91.0 Å². The summed E-state index contributed by atoms with van der Waals surface area (Å²) >= 11 is 0. The molecule has 3 aromatic rings. The highest BCUT2D eigenvalue weighted by atomic mass is 16.3. The fourth-order valence-electron chi connectivity index (χ4n) is 1.84. The first-order valence-corrected chi connectivity index (χ1v) is 5.52. The van der Waals surface area contributed by atoms with Crippen LogP contribution >= 0.6 is 0 Å². The highest BCUT2D eigenvalue weighted by Crippen LogP contribution is 2.26. The van der Waals surface area contributed by atoms with Crippen molar-refractivity contribution in [1.82, 2.24) is 9.97 Å². The van der Waals surface area contributed by atoms with E-state index in [4.69, 9.17) is 15.9 Å². The van der Waals surface area contributed by atoms with Gasteiger partial charge in [-0.3, -0.25) is 0 Å². The van der Waals surface area contributed by atoms with Crippen LogP contribution in [0.1, 0.15) is 5.69 Å². The summed E-state index contributed by atoms with van der Waals surface area (Å²) < 4.78 is 5.63. The third-order valence-electron chi connectivity index (χ3n) is 2.62. The van der Waals surface area contributed by atoms with Crippen LogP contribution in [0.5, 0.6) is 0 Å². The van der Waals surface area contributed by atoms with Crippen molar-refractivity contribution in [2.75, 3.05) is 11.5 Å². The lowest BCUT2D eigenvalue weighted by Crippen LogP contribution is -1.91. The Hall–Kier alpha value is -2.56. The lowest BCUT2D eigenvalue weighted by molar-refractivity contribution is 0.619. The molecule has 18 heavy (non-hydrogen) atoms. The first-order valence-electron chi connectivity index (χ1n) is 5.52. The molecule has 2 heterocycles. The molecule has 0 fully saturated rings. The highest BCUT2D eigenvalue weighted by Gasteiger charge is 2.10. The molecule has 0 saturated carbocycles. The molecule has 4 N–H and O–H groups in total. The Kier molecular flexibility index (Phi) is 2.19. The van der Waals surface area contributed by atoms with E-state index < -0.39 is 0 Å². The Morgan fingerprint density at radius 3 is 2.44 bits per heavy atom. The molecule has 5 nitrogen and oxygen atoms in total. The number of nitrogen functional groups attached to an aromatic ring is 2. The zero-order chi connectivity index (χ0) is 12.7. The number of nitrogens with zero attached hydrogens (tertiary/aromatic N) is 2. The van der Waals surface area contributed by atoms with Gasteiger partial charge in [-0.25, -0.2) is 4.98 Å². The molecular formula is C13H12N4O. The van der Waals surface area contributed by atoms with Crippen molar-refractivity contribution in [2.45, 2.75) is 6.92 Å². The molecule has 2 aromatic heterocycles. The van der Waals surface area contributed by atoms with Gasteiger partial charge in [-0.15, -0.1) is 0 Å². The molecule has 1 aromatic carbocycles. The molecular weight excluding hydrogens is 228 g/mol. The standard InChI is InChI=1S/C13H12N4O/c1-7-2-3-11-12(16-7)17-13(18-11)8-4-9(14)6-10(15)5-8/h2-6H,14-15H2,1H3. The van der Waals surface area contributed by atoms with E-state index in [1.807, 2.05) is 19.1 Å². The van der Waals surface area contributed by atoms with E-state index in [1.54, 1.807) is 18.2 Å². The monoisotopic (exact) mass is 240 g/mol. The molecule has 0 bridgehead atoms. The third kappa shape index (κ3) is 1.75. The minimum atomic E-state index is 0.474. The van der Waals surface area contributed by atoms with E-state index in [2.05, 4.69) is 9.97 Å². The first-order chi connectivity index (χ1) is 8.61. The van der Waals surface area contributed by atoms with Crippen molar-refractivity contribution in [3.05, 3.63) is 36.0 Å². The summed E-state index contributed by atoms with van der Waals surface area (Å²) in [5, 5.41) is 0. The van der Waals surface area contributed by atoms with E-state index in [-0.39, 0.29) is 0 Å². The summed E-state index contributed by atoms with van der Waals surface area (Å²) in [5.74, 6) is 0.474. The number of aromatic nitrogens is 2. The molecule has 0 aliphatic carbocycles. The average molecular weight is 240 g/mol. The van der Waals surface area contributed by atoms with Gasteiger partial charge in [0.15, 0.2) is 11.2 Å². The van der Waals surface area contributed by atoms with Gasteiger partial charge >= 0.3 is 0 Å². The Morgan fingerprint density at radius 2 is 1.72 bits per heavy atom. The molecule has 0 unspecified atom stereocenters. The lowest BCUT2D eigenvalue weighted by Gasteiger charge is -2.00. The Labute approximate surface area is 103 Å². The SMILES string of the molecule is Cc1ccc2oc(-c3cc(N)cc(N)c3)nc2n1. The molecule has 0 saturated heterocycles. The first kappa shape index (κ1) is 10.6. The van der Waals surface area contributed by atoms with E-state index in [9.17, 15) is 0 Å². The molecule has 0 amide bonds. The lowest BCUT2D eigenvalue weighted by atomic mass is 10.2. The minimum Gasteiger partial charge on any atom is -0.434 e. The minimum absolute atomic E-state index is 0.474. The highest BCUT2D eigenvalue weighted by molar-refractivity contribution is 5.75. The van der Waals surface area contributed by atoms with E-state index in [0.717, 1.165) is 11.3 Å². The maximum absolute atomic E-state index is 5.75. The van der Waals surface area contributed by atoms with E-state index in [1.165, 1.54) is 0 Å². The van der Waals surface area contributed by atoms with Gasteiger partial charge in [0, 0.05) is 22.6 Å². The zero-order valence-corrected chi connectivity index (χ0v) is 9.84. The molecule has 90 valence electrons. The number of rotatable bonds is 1. The molecule has 0 radical (unpaired) electrons. The maximum Gasteiger partial charge on any atom is 0.229 e. The van der Waals surface area contributed by atoms with E-state index in [0.29, 0.717) is 28.5 Å². The number of benzene rings is 1. The number of hydrogen-bond donors (Lipinski definition) is 2. The third-order valence-corrected chi connectivity index (χ3v) is 2.62. The molecule has 0 spiro atoms. The van der Waals surface area contributed by atoms with E-state index >= 15 is 0 Å². The van der Waals surface area contributed by atoms with Crippen LogP contribution in [0.2, 0.25) is 0 Å². The smallest absolute Gasteiger partial charge is 0.229 e. The second kappa shape index (κ2) is 3.73. The van der Waals surface area contributed by atoms with Crippen molar-refractivity contribution < 1.29 is 4.42 Å². The van der Waals surface area contributed by atoms with Gasteiger partial charge in [-0.2, -0.15) is 4.98 Å². The largest absolute Gasteiger partial charge is 0.434 e. The van der Waals surface area contributed by atoms with Crippen LogP contribution in [-0.4, -0.2) is 9.97 Å². The summed E-state index contributed by atoms with van der Waals surface area (Å²) in [7, 11) is 0. The number of nitrogens with two attached hydrogens (primary N) is 2. The van der Waals surface area contributed by atoms with Crippen LogP contribution in [0.15, 0.2) is 34.7 Å². The number of anilines is 2. The van der Waals surface area contributed by atoms with Crippen LogP contribution in [0, 0.1) is 6.92 Å². The summed E-state index contributed by atoms with van der Waals surface area (Å²) in [6.07, 6.45) is 0. The van der Waals surface area contributed by atoms with Crippen LogP contribution in [0.25, 0.3) is 22.7 Å². The fourth-order valence-corrected chi connectivity index (χ4v) is 1.84. The van der Waals surface area contributed by atoms with Crippen molar-refractivity contribution in [3.8, 4) is 11.5 Å². The number of oxazole rings is 1. The summed E-state index contributed by atoms with van der Waals surface area (Å²) in [4.78, 5) is 8.64. The summed E-state index contributed by atoms with van der Waals surface area (Å²) in [6, 6.07) is 8.96. The Balaban J connectivity index is 2.19. The zero-order valence-electron chi connectivity index (χ0n) is 9.84. The predicted octanol–water partition coefficient (Wildman–Crippen LogP) is 2.36. The van der Waals surface area contributed by atoms with Crippen molar-refractivity contribution >= 4 is 22.6 Å². The van der Waals surface area contributed by atoms with Crippen LogP contribution < -0.4 is 11.5 Å². The number of hydrogen-bond acceptors (Lipinski definition) is 5. The van der Waals surface area contributed by atoms with Gasteiger partial charge in [0.25, 0.3) is 0 Å². The molecule has 0 atom stereocenters. The second-order valence-corrected chi connectivity index (χ2v) is 4.18. The van der Waals surface area contributed by atoms with Crippen LogP contribution in [0.4, 0.5) is 11.4 Å². The van der Waals surface area contributed by atoms with Crippen molar-refractivity contribution in [3.63, 3.8) is 0 Å². The second-order valence-electron chi connectivity index (χ2n) is 4.18. The van der Waals surface area contributed by atoms with Gasteiger partial charge < -0.3 is 15.9 Å². The fraction of sp³-hybridized carbons (Fsp3) is 0.0769. The van der Waals surface area contributed by atoms with Gasteiger partial charge in [-0.1, -0.05) is 0 Å². The maximum atomic E-state index is 5.75. The van der Waals surface area contributed by atoms with Crippen molar-refractivity contribution in [2.24, 2.45) is 0 Å². The summed E-state index contributed by atoms with van der Waals surface area (Å²) in [6.45, 7) is 1.91. The van der Waals surface area contributed by atoms with Crippen molar-refractivity contribution in [1.29, 1.82) is 0 Å². The van der Waals surface area contributed by atoms with Crippen LogP contribution in [-0.2, 0) is 0 Å². The normalized spacial score (nSPS) is 10.9.